The lowest BCUT2D eigenvalue weighted by atomic mass is 10.1. The summed E-state index contributed by atoms with van der Waals surface area (Å²) in [6, 6.07) is 1.98. The van der Waals surface area contributed by atoms with Gasteiger partial charge in [0, 0.05) is 24.3 Å². The first-order chi connectivity index (χ1) is 7.25. The summed E-state index contributed by atoms with van der Waals surface area (Å²) < 4.78 is 0. The molecule has 0 atom stereocenters. The molecule has 1 aliphatic heterocycles. The topological polar surface area (TPSA) is 16.1 Å². The van der Waals surface area contributed by atoms with Crippen molar-refractivity contribution < 1.29 is 0 Å². The number of nitrogens with zero attached hydrogens (tertiary/aromatic N) is 2. The third-order valence-corrected chi connectivity index (χ3v) is 3.54. The highest BCUT2D eigenvalue weighted by Crippen LogP contribution is 2.20. The van der Waals surface area contributed by atoms with E-state index in [9.17, 15) is 0 Å². The molecule has 2 nitrogen and oxygen atoms in total. The van der Waals surface area contributed by atoms with E-state index in [1.54, 1.807) is 12.4 Å². The first kappa shape index (κ1) is 11.2. The van der Waals surface area contributed by atoms with Crippen molar-refractivity contribution >= 4 is 23.2 Å². The molecule has 0 spiro atoms. The van der Waals surface area contributed by atoms with E-state index >= 15 is 0 Å². The minimum atomic E-state index is 0.356. The quantitative estimate of drug-likeness (QED) is 0.745. The number of rotatable bonds is 2. The van der Waals surface area contributed by atoms with E-state index < -0.39 is 0 Å². The Morgan fingerprint density at radius 3 is 2.80 bits per heavy atom. The summed E-state index contributed by atoms with van der Waals surface area (Å²) in [5.74, 6) is 0. The molecule has 2 rings (SSSR count). The van der Waals surface area contributed by atoms with Crippen LogP contribution < -0.4 is 0 Å². The molecule has 1 aliphatic rings. The van der Waals surface area contributed by atoms with Crippen molar-refractivity contribution in [1.29, 1.82) is 0 Å². The van der Waals surface area contributed by atoms with Gasteiger partial charge in [-0.05, 0) is 37.6 Å². The second-order valence-electron chi connectivity index (χ2n) is 3.92. The molecule has 0 N–H and O–H groups in total. The Kier molecular flexibility index (Phi) is 3.84. The molecule has 82 valence electrons. The zero-order chi connectivity index (χ0) is 10.7. The monoisotopic (exact) mass is 244 g/mol. The highest BCUT2D eigenvalue weighted by Gasteiger charge is 2.17. The molecule has 1 aromatic rings. The van der Waals surface area contributed by atoms with Gasteiger partial charge in [-0.2, -0.15) is 0 Å². The van der Waals surface area contributed by atoms with E-state index in [4.69, 9.17) is 23.2 Å². The van der Waals surface area contributed by atoms with Gasteiger partial charge < -0.3 is 0 Å². The van der Waals surface area contributed by atoms with Crippen molar-refractivity contribution in [3.63, 3.8) is 0 Å². The third-order valence-electron chi connectivity index (χ3n) is 2.77. The second-order valence-corrected chi connectivity index (χ2v) is 4.94. The summed E-state index contributed by atoms with van der Waals surface area (Å²) in [5.41, 5.74) is 1.15. The van der Waals surface area contributed by atoms with Crippen LogP contribution in [0.5, 0.6) is 0 Å². The zero-order valence-corrected chi connectivity index (χ0v) is 10.0. The van der Waals surface area contributed by atoms with E-state index in [0.717, 1.165) is 43.1 Å². The van der Waals surface area contributed by atoms with Gasteiger partial charge in [0.05, 0.1) is 5.02 Å². The van der Waals surface area contributed by atoms with E-state index in [-0.39, 0.29) is 0 Å². The number of hydrogen-bond donors (Lipinski definition) is 0. The van der Waals surface area contributed by atoms with Crippen LogP contribution in [0.2, 0.25) is 5.02 Å². The Labute approximate surface area is 100 Å². The highest BCUT2D eigenvalue weighted by molar-refractivity contribution is 6.31. The van der Waals surface area contributed by atoms with Crippen molar-refractivity contribution in [1.82, 2.24) is 9.88 Å². The number of aromatic nitrogens is 1. The summed E-state index contributed by atoms with van der Waals surface area (Å²) in [6.07, 6.45) is 5.63. The maximum Gasteiger partial charge on any atom is 0.0634 e. The van der Waals surface area contributed by atoms with Crippen LogP contribution in [-0.2, 0) is 6.54 Å². The molecule has 1 aromatic heterocycles. The van der Waals surface area contributed by atoms with Crippen molar-refractivity contribution in [3.8, 4) is 0 Å². The van der Waals surface area contributed by atoms with E-state index in [1.165, 1.54) is 0 Å². The summed E-state index contributed by atoms with van der Waals surface area (Å²) >= 11 is 12.1. The Hall–Kier alpha value is -0.310. The highest BCUT2D eigenvalue weighted by atomic mass is 35.5. The number of likely N-dealkylation sites (tertiary alicyclic amines) is 1. The van der Waals surface area contributed by atoms with Gasteiger partial charge in [0.25, 0.3) is 0 Å². The Morgan fingerprint density at radius 2 is 2.13 bits per heavy atom. The molecule has 15 heavy (non-hydrogen) atoms. The predicted molar refractivity (Wildman–Crippen MR) is 63.4 cm³/mol. The normalized spacial score (nSPS) is 19.3. The molecule has 0 aromatic carbocycles. The lowest BCUT2D eigenvalue weighted by molar-refractivity contribution is 0.223. The predicted octanol–water partition coefficient (Wildman–Crippen LogP) is 2.94. The number of halogens is 2. The molecule has 0 unspecified atom stereocenters. The lowest BCUT2D eigenvalue weighted by Gasteiger charge is -2.29. The fourth-order valence-electron chi connectivity index (χ4n) is 1.83. The number of pyridine rings is 1. The number of alkyl halides is 1. The van der Waals surface area contributed by atoms with Crippen LogP contribution in [-0.4, -0.2) is 28.4 Å². The van der Waals surface area contributed by atoms with Gasteiger partial charge in [0.1, 0.15) is 0 Å². The molecule has 0 amide bonds. The Morgan fingerprint density at radius 1 is 1.40 bits per heavy atom. The fraction of sp³-hybridized carbons (Fsp3) is 0.545. The van der Waals surface area contributed by atoms with Crippen LogP contribution in [0, 0.1) is 0 Å². The summed E-state index contributed by atoms with van der Waals surface area (Å²) in [4.78, 5) is 6.37. The number of hydrogen-bond acceptors (Lipinski definition) is 2. The smallest absolute Gasteiger partial charge is 0.0634 e. The van der Waals surface area contributed by atoms with Crippen molar-refractivity contribution in [3.05, 3.63) is 29.0 Å². The van der Waals surface area contributed by atoms with Gasteiger partial charge in [-0.3, -0.25) is 9.88 Å². The zero-order valence-electron chi connectivity index (χ0n) is 8.50. The van der Waals surface area contributed by atoms with E-state index in [0.29, 0.717) is 5.38 Å². The molecular weight excluding hydrogens is 231 g/mol. The maximum absolute atomic E-state index is 6.06. The first-order valence-electron chi connectivity index (χ1n) is 5.20. The van der Waals surface area contributed by atoms with Crippen molar-refractivity contribution in [2.45, 2.75) is 24.8 Å². The maximum atomic E-state index is 6.06. The molecule has 1 fully saturated rings. The van der Waals surface area contributed by atoms with Crippen LogP contribution in [0.25, 0.3) is 0 Å². The molecule has 4 heteroatoms. The minimum Gasteiger partial charge on any atom is -0.299 e. The second kappa shape index (κ2) is 5.15. The van der Waals surface area contributed by atoms with Gasteiger partial charge >= 0.3 is 0 Å². The van der Waals surface area contributed by atoms with Crippen molar-refractivity contribution in [2.24, 2.45) is 0 Å². The van der Waals surface area contributed by atoms with Crippen LogP contribution in [0.15, 0.2) is 18.5 Å². The number of piperidine rings is 1. The average Bonchev–Trinajstić information content (AvgIpc) is 2.25. The molecule has 0 bridgehead atoms. The summed E-state index contributed by atoms with van der Waals surface area (Å²) in [6.45, 7) is 3.03. The Balaban J connectivity index is 1.95. The van der Waals surface area contributed by atoms with Gasteiger partial charge in [-0.1, -0.05) is 11.6 Å². The molecular formula is C11H14Cl2N2. The van der Waals surface area contributed by atoms with Crippen molar-refractivity contribution in [2.75, 3.05) is 13.1 Å². The summed E-state index contributed by atoms with van der Waals surface area (Å²) in [7, 11) is 0. The average molecular weight is 245 g/mol. The largest absolute Gasteiger partial charge is 0.299 e. The summed E-state index contributed by atoms with van der Waals surface area (Å²) in [5, 5.41) is 1.11. The van der Waals surface area contributed by atoms with Crippen LogP contribution in [0.3, 0.4) is 0 Å². The lowest BCUT2D eigenvalue weighted by Crippen LogP contribution is -2.33. The fourth-order valence-corrected chi connectivity index (χ4v) is 2.21. The first-order valence-corrected chi connectivity index (χ1v) is 6.02. The molecule has 1 saturated heterocycles. The molecule has 0 aliphatic carbocycles. The van der Waals surface area contributed by atoms with Gasteiger partial charge in [-0.25, -0.2) is 0 Å². The van der Waals surface area contributed by atoms with E-state index in [2.05, 4.69) is 9.88 Å². The molecule has 0 saturated carbocycles. The molecule has 0 radical (unpaired) electrons. The van der Waals surface area contributed by atoms with Gasteiger partial charge in [-0.15, -0.1) is 11.6 Å². The SMILES string of the molecule is Clc1cnccc1CN1CCC(Cl)CC1. The van der Waals surface area contributed by atoms with E-state index in [1.807, 2.05) is 6.07 Å². The van der Waals surface area contributed by atoms with Crippen LogP contribution >= 0.6 is 23.2 Å². The molecule has 2 heterocycles. The third kappa shape index (κ3) is 3.07. The van der Waals surface area contributed by atoms with Gasteiger partial charge in [0.15, 0.2) is 0 Å². The minimum absolute atomic E-state index is 0.356. The van der Waals surface area contributed by atoms with Gasteiger partial charge in [0.2, 0.25) is 0 Å². The van der Waals surface area contributed by atoms with Crippen LogP contribution in [0.1, 0.15) is 18.4 Å². The Bertz CT molecular complexity index is 322. The van der Waals surface area contributed by atoms with Crippen LogP contribution in [0.4, 0.5) is 0 Å². The standard InChI is InChI=1S/C11H14Cl2N2/c12-10-2-5-15(6-3-10)8-9-1-4-14-7-11(9)13/h1,4,7,10H,2-3,5-6,8H2.